The fraction of sp³-hybridized carbons (Fsp3) is 0.750. The van der Waals surface area contributed by atoms with E-state index in [-0.39, 0.29) is 26.4 Å². The topological polar surface area (TPSA) is 101 Å². The Kier molecular flexibility index (Phi) is 11.5. The average molecular weight is 498 g/mol. The molecule has 0 radical (unpaired) electrons. The number of alkyl halides is 3. The predicted molar refractivity (Wildman–Crippen MR) is 119 cm³/mol. The van der Waals surface area contributed by atoms with Crippen LogP contribution in [0.5, 0.6) is 0 Å². The van der Waals surface area contributed by atoms with Crippen LogP contribution in [0.2, 0.25) is 25.7 Å². The lowest BCUT2D eigenvalue weighted by Crippen LogP contribution is -2.40. The summed E-state index contributed by atoms with van der Waals surface area (Å²) >= 11 is 0. The molecule has 33 heavy (non-hydrogen) atoms. The molecule has 1 aromatic heterocycles. The van der Waals surface area contributed by atoms with Crippen molar-refractivity contribution in [2.45, 2.75) is 64.1 Å². The first-order valence-electron chi connectivity index (χ1n) is 10.5. The van der Waals surface area contributed by atoms with Crippen LogP contribution in [0, 0.1) is 0 Å². The zero-order valence-corrected chi connectivity index (χ0v) is 21.0. The molecule has 0 aliphatic rings. The molecule has 2 atom stereocenters. The maximum absolute atomic E-state index is 13.8. The Morgan fingerprint density at radius 2 is 1.88 bits per heavy atom. The van der Waals surface area contributed by atoms with Gasteiger partial charge in [0.25, 0.3) is 5.56 Å². The second-order valence-electron chi connectivity index (χ2n) is 8.68. The Morgan fingerprint density at radius 1 is 1.21 bits per heavy atom. The fourth-order valence-corrected chi connectivity index (χ4v) is 3.38. The van der Waals surface area contributed by atoms with Crippen molar-refractivity contribution < 1.29 is 36.9 Å². The SMILES string of the molecule is COC(=O)CCOC[C@@H](Nc1cnn(COCC[Si](C)(C)C)c(=O)c1C(F)(F)F)[C@@H](C)OC. The highest BCUT2D eigenvalue weighted by molar-refractivity contribution is 6.76. The number of aromatic nitrogens is 2. The van der Waals surface area contributed by atoms with Crippen LogP contribution in [-0.4, -0.2) is 70.0 Å². The second kappa shape index (κ2) is 13.1. The van der Waals surface area contributed by atoms with Gasteiger partial charge in [-0.2, -0.15) is 18.3 Å². The quantitative estimate of drug-likeness (QED) is 0.238. The Labute approximate surface area is 192 Å². The van der Waals surface area contributed by atoms with E-state index in [9.17, 15) is 22.8 Å². The van der Waals surface area contributed by atoms with Gasteiger partial charge in [-0.3, -0.25) is 9.59 Å². The molecular weight excluding hydrogens is 463 g/mol. The van der Waals surface area contributed by atoms with E-state index in [0.29, 0.717) is 11.3 Å². The van der Waals surface area contributed by atoms with E-state index in [0.717, 1.165) is 12.2 Å². The maximum atomic E-state index is 13.8. The molecular formula is C20H34F3N3O6Si. The molecule has 9 nitrogen and oxygen atoms in total. The van der Waals surface area contributed by atoms with Gasteiger partial charge in [0, 0.05) is 21.8 Å². The van der Waals surface area contributed by atoms with E-state index in [1.807, 2.05) is 0 Å². The fourth-order valence-electron chi connectivity index (χ4n) is 2.62. The summed E-state index contributed by atoms with van der Waals surface area (Å²) in [6, 6.07) is 0.0545. The van der Waals surface area contributed by atoms with Crippen molar-refractivity contribution >= 4 is 19.7 Å². The minimum absolute atomic E-state index is 0.00626. The van der Waals surface area contributed by atoms with Crippen molar-refractivity contribution in [1.82, 2.24) is 9.78 Å². The lowest BCUT2D eigenvalue weighted by atomic mass is 10.1. The van der Waals surface area contributed by atoms with Gasteiger partial charge in [-0.25, -0.2) is 4.68 Å². The number of hydrogen-bond acceptors (Lipinski definition) is 8. The molecule has 0 saturated heterocycles. The molecule has 0 unspecified atom stereocenters. The van der Waals surface area contributed by atoms with Crippen LogP contribution in [0.4, 0.5) is 18.9 Å². The third kappa shape index (κ3) is 10.2. The maximum Gasteiger partial charge on any atom is 0.423 e. The summed E-state index contributed by atoms with van der Waals surface area (Å²) in [6.45, 7) is 7.95. The highest BCUT2D eigenvalue weighted by Gasteiger charge is 2.39. The number of anilines is 1. The number of halogens is 3. The van der Waals surface area contributed by atoms with Crippen molar-refractivity contribution in [3.63, 3.8) is 0 Å². The molecule has 190 valence electrons. The molecule has 1 rings (SSSR count). The molecule has 0 aromatic carbocycles. The molecule has 0 aliphatic heterocycles. The standard InChI is InChI=1S/C20H34F3N3O6Si/c1-14(29-2)16(12-31-8-7-17(27)30-3)25-15-11-24-26(13-32-9-10-33(4,5)6)19(28)18(15)20(21,22)23/h11,14,16,25H,7-10,12-13H2,1-6H3/t14-,16-/m1/s1. The average Bonchev–Trinajstić information content (AvgIpc) is 2.71. The Hall–Kier alpha value is -1.96. The van der Waals surface area contributed by atoms with Crippen LogP contribution in [-0.2, 0) is 36.6 Å². The Bertz CT molecular complexity index is 814. The summed E-state index contributed by atoms with van der Waals surface area (Å²) in [5, 5.41) is 6.51. The molecule has 1 aromatic rings. The van der Waals surface area contributed by atoms with E-state index in [1.54, 1.807) is 6.92 Å². The first-order chi connectivity index (χ1) is 15.3. The van der Waals surface area contributed by atoms with E-state index in [4.69, 9.17) is 14.2 Å². The van der Waals surface area contributed by atoms with Crippen LogP contribution in [0.1, 0.15) is 18.9 Å². The summed E-state index contributed by atoms with van der Waals surface area (Å²) in [7, 11) is 1.25. The molecule has 0 fully saturated rings. The summed E-state index contributed by atoms with van der Waals surface area (Å²) in [5.74, 6) is -0.474. The summed E-state index contributed by atoms with van der Waals surface area (Å²) in [5.41, 5.74) is -3.18. The number of methoxy groups -OCH3 is 2. The summed E-state index contributed by atoms with van der Waals surface area (Å²) in [4.78, 5) is 23.8. The lowest BCUT2D eigenvalue weighted by Gasteiger charge is -2.26. The number of rotatable bonds is 14. The highest BCUT2D eigenvalue weighted by Crippen LogP contribution is 2.32. The van der Waals surface area contributed by atoms with Crippen molar-refractivity contribution in [3.05, 3.63) is 22.1 Å². The zero-order chi connectivity index (χ0) is 25.2. The largest absolute Gasteiger partial charge is 0.469 e. The van der Waals surface area contributed by atoms with Gasteiger partial charge in [0.1, 0.15) is 12.3 Å². The van der Waals surface area contributed by atoms with Crippen LogP contribution in [0.25, 0.3) is 0 Å². The third-order valence-electron chi connectivity index (χ3n) is 4.79. The first kappa shape index (κ1) is 29.1. The lowest BCUT2D eigenvalue weighted by molar-refractivity contribution is -0.142. The zero-order valence-electron chi connectivity index (χ0n) is 20.0. The van der Waals surface area contributed by atoms with Gasteiger partial charge in [0.2, 0.25) is 0 Å². The van der Waals surface area contributed by atoms with Crippen molar-refractivity contribution in [2.24, 2.45) is 0 Å². The number of hydrogen-bond donors (Lipinski definition) is 1. The molecule has 0 spiro atoms. The Morgan fingerprint density at radius 3 is 2.42 bits per heavy atom. The monoisotopic (exact) mass is 497 g/mol. The summed E-state index contributed by atoms with van der Waals surface area (Å²) in [6.07, 6.45) is -4.56. The van der Waals surface area contributed by atoms with E-state index in [2.05, 4.69) is 34.8 Å². The van der Waals surface area contributed by atoms with Gasteiger partial charge >= 0.3 is 12.1 Å². The molecule has 0 bridgehead atoms. The molecule has 13 heteroatoms. The van der Waals surface area contributed by atoms with Gasteiger partial charge in [-0.05, 0) is 13.0 Å². The van der Waals surface area contributed by atoms with Gasteiger partial charge < -0.3 is 24.3 Å². The van der Waals surface area contributed by atoms with Gasteiger partial charge in [-0.15, -0.1) is 0 Å². The molecule has 0 amide bonds. The van der Waals surface area contributed by atoms with E-state index in [1.165, 1.54) is 14.2 Å². The highest BCUT2D eigenvalue weighted by atomic mass is 28.3. The van der Waals surface area contributed by atoms with Gasteiger partial charge in [-0.1, -0.05) is 19.6 Å². The van der Waals surface area contributed by atoms with E-state index >= 15 is 0 Å². The smallest absolute Gasteiger partial charge is 0.423 e. The van der Waals surface area contributed by atoms with E-state index < -0.39 is 49.2 Å². The number of carbonyl (C=O) groups is 1. The number of nitrogens with one attached hydrogen (secondary N) is 1. The van der Waals surface area contributed by atoms with Crippen molar-refractivity contribution in [2.75, 3.05) is 39.4 Å². The number of carbonyl (C=O) groups excluding carboxylic acids is 1. The van der Waals surface area contributed by atoms with Crippen LogP contribution in [0.3, 0.4) is 0 Å². The van der Waals surface area contributed by atoms with Crippen LogP contribution >= 0.6 is 0 Å². The summed E-state index contributed by atoms with van der Waals surface area (Å²) < 4.78 is 62.5. The minimum atomic E-state index is -4.92. The van der Waals surface area contributed by atoms with Crippen LogP contribution < -0.4 is 10.9 Å². The molecule has 0 aliphatic carbocycles. The molecule has 1 heterocycles. The molecule has 0 saturated carbocycles. The second-order valence-corrected chi connectivity index (χ2v) is 14.3. The number of nitrogens with zero attached hydrogens (tertiary/aromatic N) is 2. The van der Waals surface area contributed by atoms with Crippen molar-refractivity contribution in [3.8, 4) is 0 Å². The van der Waals surface area contributed by atoms with Gasteiger partial charge in [0.05, 0.1) is 50.8 Å². The third-order valence-corrected chi connectivity index (χ3v) is 6.50. The van der Waals surface area contributed by atoms with Gasteiger partial charge in [0.15, 0.2) is 0 Å². The number of ether oxygens (including phenoxy) is 4. The van der Waals surface area contributed by atoms with Crippen LogP contribution in [0.15, 0.2) is 11.0 Å². The van der Waals surface area contributed by atoms with Crippen molar-refractivity contribution in [1.29, 1.82) is 0 Å². The predicted octanol–water partition coefficient (Wildman–Crippen LogP) is 2.97. The number of esters is 1. The minimum Gasteiger partial charge on any atom is -0.469 e. The Balaban J connectivity index is 3.02. The molecule has 1 N–H and O–H groups in total. The first-order valence-corrected chi connectivity index (χ1v) is 14.2. The normalized spacial score (nSPS) is 14.1.